The highest BCUT2D eigenvalue weighted by atomic mass is 16.5. The van der Waals surface area contributed by atoms with E-state index in [1.165, 1.54) is 0 Å². The predicted molar refractivity (Wildman–Crippen MR) is 89.9 cm³/mol. The molecule has 3 rings (SSSR count). The van der Waals surface area contributed by atoms with Crippen molar-refractivity contribution in [1.82, 2.24) is 15.0 Å². The lowest BCUT2D eigenvalue weighted by atomic mass is 9.81. The molecule has 1 aliphatic carbocycles. The van der Waals surface area contributed by atoms with Gasteiger partial charge in [0.25, 0.3) is 0 Å². The number of rotatable bonds is 4. The number of piperidine rings is 1. The van der Waals surface area contributed by atoms with Gasteiger partial charge in [0.15, 0.2) is 5.82 Å². The molecule has 25 heavy (non-hydrogen) atoms. The number of aliphatic carboxylic acids is 1. The summed E-state index contributed by atoms with van der Waals surface area (Å²) in [6.07, 6.45) is 6.26. The van der Waals surface area contributed by atoms with Crippen molar-refractivity contribution in [2.45, 2.75) is 51.4 Å². The lowest BCUT2D eigenvalue weighted by molar-refractivity contribution is -0.151. The number of carboxylic acid groups (broad SMARTS) is 1. The number of carboxylic acids is 1. The van der Waals surface area contributed by atoms with Crippen molar-refractivity contribution in [2.75, 3.05) is 13.1 Å². The highest BCUT2D eigenvalue weighted by Gasteiger charge is 2.38. The molecule has 2 atom stereocenters. The van der Waals surface area contributed by atoms with Crippen LogP contribution in [0.15, 0.2) is 16.7 Å². The number of amides is 1. The number of allylic oxidation sites excluding steroid dienone is 2. The summed E-state index contributed by atoms with van der Waals surface area (Å²) in [6.45, 7) is 5.26. The minimum absolute atomic E-state index is 0.0383. The Hall–Kier alpha value is -2.18. The fourth-order valence-corrected chi connectivity index (χ4v) is 3.59. The maximum Gasteiger partial charge on any atom is 0.307 e. The Morgan fingerprint density at radius 1 is 1.20 bits per heavy atom. The van der Waals surface area contributed by atoms with Crippen molar-refractivity contribution in [3.8, 4) is 0 Å². The third-order valence-electron chi connectivity index (χ3n) is 5.20. The molecule has 1 aliphatic heterocycles. The van der Waals surface area contributed by atoms with Crippen molar-refractivity contribution in [3.05, 3.63) is 23.9 Å². The van der Waals surface area contributed by atoms with Crippen LogP contribution in [0.3, 0.4) is 0 Å². The normalized spacial score (nSPS) is 24.7. The van der Waals surface area contributed by atoms with Crippen molar-refractivity contribution in [1.29, 1.82) is 0 Å². The molecule has 1 N–H and O–H groups in total. The lowest BCUT2D eigenvalue weighted by Gasteiger charge is -2.35. The van der Waals surface area contributed by atoms with E-state index in [1.54, 1.807) is 4.90 Å². The van der Waals surface area contributed by atoms with Gasteiger partial charge in [-0.15, -0.1) is 0 Å². The van der Waals surface area contributed by atoms with Gasteiger partial charge < -0.3 is 14.5 Å². The number of nitrogens with zero attached hydrogens (tertiary/aromatic N) is 3. The Labute approximate surface area is 147 Å². The molecule has 0 radical (unpaired) electrons. The van der Waals surface area contributed by atoms with Crippen LogP contribution in [0.5, 0.6) is 0 Å². The van der Waals surface area contributed by atoms with E-state index in [1.807, 2.05) is 26.0 Å². The van der Waals surface area contributed by atoms with E-state index in [-0.39, 0.29) is 17.7 Å². The largest absolute Gasteiger partial charge is 0.481 e. The zero-order chi connectivity index (χ0) is 18.0. The molecule has 1 saturated heterocycles. The average Bonchev–Trinajstić information content (AvgIpc) is 3.11. The molecule has 1 aromatic heterocycles. The topological polar surface area (TPSA) is 96.5 Å². The first kappa shape index (κ1) is 17.6. The van der Waals surface area contributed by atoms with E-state index in [4.69, 9.17) is 4.52 Å². The molecule has 2 aliphatic rings. The summed E-state index contributed by atoms with van der Waals surface area (Å²) in [6, 6.07) is 0. The lowest BCUT2D eigenvalue weighted by Crippen LogP contribution is -2.45. The van der Waals surface area contributed by atoms with Crippen LogP contribution in [0, 0.1) is 11.8 Å². The second kappa shape index (κ2) is 7.37. The SMILES string of the molecule is CC(C)c1noc(C2CCN(C(=O)[C@H]3CC=CC[C@@H]3C(=O)O)CC2)n1. The second-order valence-electron chi connectivity index (χ2n) is 7.24. The fraction of sp³-hybridized carbons (Fsp3) is 0.667. The molecule has 0 spiro atoms. The van der Waals surface area contributed by atoms with Gasteiger partial charge >= 0.3 is 5.97 Å². The van der Waals surface area contributed by atoms with Crippen LogP contribution in [-0.4, -0.2) is 45.1 Å². The van der Waals surface area contributed by atoms with Gasteiger partial charge in [-0.2, -0.15) is 4.98 Å². The summed E-state index contributed by atoms with van der Waals surface area (Å²) < 4.78 is 5.37. The van der Waals surface area contributed by atoms with Crippen molar-refractivity contribution < 1.29 is 19.2 Å². The molecular weight excluding hydrogens is 322 g/mol. The van der Waals surface area contributed by atoms with Crippen LogP contribution in [-0.2, 0) is 9.59 Å². The number of likely N-dealkylation sites (tertiary alicyclic amines) is 1. The van der Waals surface area contributed by atoms with Gasteiger partial charge in [0.05, 0.1) is 11.8 Å². The Balaban J connectivity index is 1.60. The van der Waals surface area contributed by atoms with Crippen molar-refractivity contribution >= 4 is 11.9 Å². The zero-order valence-corrected chi connectivity index (χ0v) is 14.7. The van der Waals surface area contributed by atoms with Crippen LogP contribution < -0.4 is 0 Å². The Bertz CT molecular complexity index is 659. The summed E-state index contributed by atoms with van der Waals surface area (Å²) in [4.78, 5) is 30.5. The summed E-state index contributed by atoms with van der Waals surface area (Å²) >= 11 is 0. The van der Waals surface area contributed by atoms with Gasteiger partial charge in [-0.3, -0.25) is 9.59 Å². The number of carbonyl (C=O) groups excluding carboxylic acids is 1. The summed E-state index contributed by atoms with van der Waals surface area (Å²) in [5.41, 5.74) is 0. The monoisotopic (exact) mass is 347 g/mol. The Morgan fingerprint density at radius 2 is 1.84 bits per heavy atom. The summed E-state index contributed by atoms with van der Waals surface area (Å²) in [5.74, 6) is -0.216. The molecule has 0 unspecified atom stereocenters. The minimum Gasteiger partial charge on any atom is -0.481 e. The van der Waals surface area contributed by atoms with Gasteiger partial charge in [0.1, 0.15) is 0 Å². The number of hydrogen-bond donors (Lipinski definition) is 1. The quantitative estimate of drug-likeness (QED) is 0.841. The molecule has 136 valence electrons. The van der Waals surface area contributed by atoms with E-state index in [0.29, 0.717) is 37.6 Å². The Kier molecular flexibility index (Phi) is 5.20. The first-order valence-corrected chi connectivity index (χ1v) is 8.97. The van der Waals surface area contributed by atoms with E-state index >= 15 is 0 Å². The smallest absolute Gasteiger partial charge is 0.307 e. The summed E-state index contributed by atoms with van der Waals surface area (Å²) in [5, 5.41) is 13.4. The van der Waals surface area contributed by atoms with E-state index in [9.17, 15) is 14.7 Å². The van der Waals surface area contributed by atoms with Crippen LogP contribution in [0.4, 0.5) is 0 Å². The molecule has 0 bridgehead atoms. The molecule has 7 nitrogen and oxygen atoms in total. The zero-order valence-electron chi connectivity index (χ0n) is 14.7. The third kappa shape index (κ3) is 3.75. The first-order chi connectivity index (χ1) is 12.0. The van der Waals surface area contributed by atoms with Gasteiger partial charge in [0, 0.05) is 24.9 Å². The summed E-state index contributed by atoms with van der Waals surface area (Å²) in [7, 11) is 0. The van der Waals surface area contributed by atoms with E-state index in [0.717, 1.165) is 12.8 Å². The fourth-order valence-electron chi connectivity index (χ4n) is 3.59. The maximum absolute atomic E-state index is 12.8. The maximum atomic E-state index is 12.8. The van der Waals surface area contributed by atoms with Crippen LogP contribution in [0.2, 0.25) is 0 Å². The van der Waals surface area contributed by atoms with Gasteiger partial charge in [-0.25, -0.2) is 0 Å². The second-order valence-corrected chi connectivity index (χ2v) is 7.24. The number of carbonyl (C=O) groups is 2. The highest BCUT2D eigenvalue weighted by Crippen LogP contribution is 2.32. The van der Waals surface area contributed by atoms with Crippen molar-refractivity contribution in [2.24, 2.45) is 11.8 Å². The molecule has 1 aromatic rings. The minimum atomic E-state index is -0.885. The molecule has 1 fully saturated rings. The van der Waals surface area contributed by atoms with Gasteiger partial charge in [-0.05, 0) is 25.7 Å². The van der Waals surface area contributed by atoms with Crippen LogP contribution in [0.25, 0.3) is 0 Å². The standard InChI is InChI=1S/C18H25N3O4/c1-11(2)15-19-16(25-20-15)12-7-9-21(10-8-12)17(22)13-5-3-4-6-14(13)18(23)24/h3-4,11-14H,5-10H2,1-2H3,(H,23,24)/t13-,14-/m0/s1. The molecule has 7 heteroatoms. The van der Waals surface area contributed by atoms with E-state index < -0.39 is 17.8 Å². The number of hydrogen-bond acceptors (Lipinski definition) is 5. The first-order valence-electron chi connectivity index (χ1n) is 8.97. The average molecular weight is 347 g/mol. The molecule has 0 aromatic carbocycles. The molecule has 0 saturated carbocycles. The molecule has 2 heterocycles. The van der Waals surface area contributed by atoms with Crippen molar-refractivity contribution in [3.63, 3.8) is 0 Å². The highest BCUT2D eigenvalue weighted by molar-refractivity contribution is 5.85. The van der Waals surface area contributed by atoms with Crippen LogP contribution >= 0.6 is 0 Å². The number of aromatic nitrogens is 2. The van der Waals surface area contributed by atoms with Gasteiger partial charge in [0.2, 0.25) is 11.8 Å². The molecular formula is C18H25N3O4. The Morgan fingerprint density at radius 3 is 2.40 bits per heavy atom. The predicted octanol–water partition coefficient (Wildman–Crippen LogP) is 2.57. The third-order valence-corrected chi connectivity index (χ3v) is 5.20. The van der Waals surface area contributed by atoms with Gasteiger partial charge in [-0.1, -0.05) is 31.2 Å². The molecule has 1 amide bonds. The van der Waals surface area contributed by atoms with Crippen LogP contribution in [0.1, 0.15) is 63.1 Å². The van der Waals surface area contributed by atoms with E-state index in [2.05, 4.69) is 10.1 Å².